The largest absolute Gasteiger partial charge is 0.324 e. The van der Waals surface area contributed by atoms with Gasteiger partial charge in [0.2, 0.25) is 0 Å². The monoisotopic (exact) mass is 406 g/mol. The van der Waals surface area contributed by atoms with E-state index in [1.807, 2.05) is 25.1 Å². The van der Waals surface area contributed by atoms with Gasteiger partial charge in [-0.3, -0.25) is 4.55 Å². The van der Waals surface area contributed by atoms with Crippen molar-refractivity contribution in [3.05, 3.63) is 71.8 Å². The van der Waals surface area contributed by atoms with E-state index in [9.17, 15) is 13.0 Å². The highest BCUT2D eigenvalue weighted by Gasteiger charge is 2.18. The maximum Gasteiger partial charge on any atom is 0.294 e. The lowest BCUT2D eigenvalue weighted by Crippen LogP contribution is -2.00. The molecule has 0 aliphatic heterocycles. The quantitative estimate of drug-likeness (QED) is 0.470. The van der Waals surface area contributed by atoms with E-state index in [0.29, 0.717) is 12.1 Å². The van der Waals surface area contributed by atoms with Crippen LogP contribution in [0.3, 0.4) is 0 Å². The van der Waals surface area contributed by atoms with Gasteiger partial charge in [-0.2, -0.15) is 8.42 Å². The number of aryl methyl sites for hydroxylation is 3. The summed E-state index contributed by atoms with van der Waals surface area (Å²) in [5.41, 5.74) is 6.95. The summed E-state index contributed by atoms with van der Waals surface area (Å²) in [7, 11) is -4.28. The molecule has 3 aromatic carbocycles. The second-order valence-corrected chi connectivity index (χ2v) is 8.59. The average molecular weight is 407 g/mol. The summed E-state index contributed by atoms with van der Waals surface area (Å²) in [6, 6.07) is 19.0. The van der Waals surface area contributed by atoms with Crippen molar-refractivity contribution in [2.75, 3.05) is 0 Å². The third-order valence-electron chi connectivity index (χ3n) is 5.17. The molecule has 0 fully saturated rings. The second kappa shape index (κ2) is 7.13. The van der Waals surface area contributed by atoms with Gasteiger partial charge in [-0.05, 0) is 55.7 Å². The van der Waals surface area contributed by atoms with Crippen LogP contribution in [0.2, 0.25) is 0 Å². The Morgan fingerprint density at radius 3 is 2.31 bits per heavy atom. The lowest BCUT2D eigenvalue weighted by Gasteiger charge is -2.14. The van der Waals surface area contributed by atoms with Crippen LogP contribution in [0.5, 0.6) is 0 Å². The van der Waals surface area contributed by atoms with Crippen LogP contribution in [0, 0.1) is 13.8 Å². The zero-order chi connectivity index (χ0) is 20.8. The van der Waals surface area contributed by atoms with Crippen molar-refractivity contribution in [1.29, 1.82) is 0 Å². The van der Waals surface area contributed by atoms with Crippen molar-refractivity contribution in [2.45, 2.75) is 32.2 Å². The predicted molar refractivity (Wildman–Crippen MR) is 116 cm³/mol. The van der Waals surface area contributed by atoms with Crippen molar-refractivity contribution in [3.63, 3.8) is 0 Å². The Labute approximate surface area is 170 Å². The van der Waals surface area contributed by atoms with Gasteiger partial charge in [0, 0.05) is 12.1 Å². The first kappa shape index (κ1) is 19.4. The van der Waals surface area contributed by atoms with Crippen LogP contribution < -0.4 is 0 Å². The fraction of sp³-hybridized carbons (Fsp3) is 0.174. The summed E-state index contributed by atoms with van der Waals surface area (Å²) in [6.07, 6.45) is 0. The lowest BCUT2D eigenvalue weighted by molar-refractivity contribution is 0.483. The molecule has 0 saturated heterocycles. The number of hydrogen-bond acceptors (Lipinski definition) is 3. The van der Waals surface area contributed by atoms with Gasteiger partial charge in [0.25, 0.3) is 10.1 Å². The molecular formula is C23H22N2O3S. The number of benzene rings is 3. The summed E-state index contributed by atoms with van der Waals surface area (Å²) in [5.74, 6) is 0.769. The highest BCUT2D eigenvalue weighted by atomic mass is 32.2. The summed E-state index contributed by atoms with van der Waals surface area (Å²) in [5, 5.41) is 0. The number of nitrogens with zero attached hydrogens (tertiary/aromatic N) is 2. The van der Waals surface area contributed by atoms with E-state index in [-0.39, 0.29) is 4.90 Å². The first-order chi connectivity index (χ1) is 13.8. The highest BCUT2D eigenvalue weighted by Crippen LogP contribution is 2.35. The smallest absolute Gasteiger partial charge is 0.294 e. The van der Waals surface area contributed by atoms with Crippen LogP contribution in [0.1, 0.15) is 18.1 Å². The van der Waals surface area contributed by atoms with Gasteiger partial charge in [0.05, 0.1) is 15.9 Å². The van der Waals surface area contributed by atoms with Gasteiger partial charge in [-0.25, -0.2) is 4.98 Å². The first-order valence-electron chi connectivity index (χ1n) is 9.44. The van der Waals surface area contributed by atoms with E-state index in [4.69, 9.17) is 4.98 Å². The molecule has 0 aliphatic carbocycles. The van der Waals surface area contributed by atoms with Crippen molar-refractivity contribution in [3.8, 4) is 22.5 Å². The van der Waals surface area contributed by atoms with E-state index in [1.54, 1.807) is 6.07 Å². The van der Waals surface area contributed by atoms with Crippen LogP contribution in [0.15, 0.2) is 65.6 Å². The van der Waals surface area contributed by atoms with Crippen molar-refractivity contribution in [2.24, 2.45) is 0 Å². The molecule has 0 bridgehead atoms. The molecular weight excluding hydrogens is 384 g/mol. The van der Waals surface area contributed by atoms with E-state index < -0.39 is 10.1 Å². The van der Waals surface area contributed by atoms with Crippen LogP contribution in [0.25, 0.3) is 33.5 Å². The summed E-state index contributed by atoms with van der Waals surface area (Å²) in [4.78, 5) is 4.60. The zero-order valence-electron chi connectivity index (χ0n) is 16.5. The Bertz CT molecular complexity index is 1340. The molecule has 0 spiro atoms. The van der Waals surface area contributed by atoms with E-state index in [0.717, 1.165) is 28.0 Å². The lowest BCUT2D eigenvalue weighted by atomic mass is 9.94. The molecule has 0 radical (unpaired) electrons. The Kier molecular flexibility index (Phi) is 4.76. The number of imidazole rings is 1. The maximum atomic E-state index is 11.5. The fourth-order valence-corrected chi connectivity index (χ4v) is 4.33. The molecule has 5 nitrogen and oxygen atoms in total. The fourth-order valence-electron chi connectivity index (χ4n) is 3.82. The third-order valence-corrected chi connectivity index (χ3v) is 6.02. The standard InChI is InChI=1S/C23H22N2O3S/c1-4-25-22-12-10-17(29(26,27)28)14-21(22)24-23(25)20-8-6-5-7-19(20)18-11-9-15(2)13-16(18)3/h5-14H,4H2,1-3H3,(H,26,27,28). The van der Waals surface area contributed by atoms with Gasteiger partial charge in [0.15, 0.2) is 0 Å². The number of aromatic nitrogens is 2. The Balaban J connectivity index is 1.98. The van der Waals surface area contributed by atoms with Crippen molar-refractivity contribution >= 4 is 21.2 Å². The number of hydrogen-bond donors (Lipinski definition) is 1. The van der Waals surface area contributed by atoms with Gasteiger partial charge in [0.1, 0.15) is 5.82 Å². The molecule has 0 amide bonds. The molecule has 0 aliphatic rings. The molecule has 0 atom stereocenters. The summed E-state index contributed by atoms with van der Waals surface area (Å²) in [6.45, 7) is 6.88. The van der Waals surface area contributed by atoms with Gasteiger partial charge in [-0.1, -0.05) is 48.0 Å². The van der Waals surface area contributed by atoms with Crippen LogP contribution in [0.4, 0.5) is 0 Å². The van der Waals surface area contributed by atoms with Gasteiger partial charge in [-0.15, -0.1) is 0 Å². The minimum absolute atomic E-state index is 0.153. The third kappa shape index (κ3) is 3.45. The summed E-state index contributed by atoms with van der Waals surface area (Å²) < 4.78 is 34.5. The minimum atomic E-state index is -4.28. The van der Waals surface area contributed by atoms with Gasteiger partial charge < -0.3 is 4.57 Å². The van der Waals surface area contributed by atoms with E-state index in [1.165, 1.54) is 23.3 Å². The zero-order valence-corrected chi connectivity index (χ0v) is 17.4. The molecule has 4 rings (SSSR count). The van der Waals surface area contributed by atoms with Crippen LogP contribution in [-0.4, -0.2) is 22.5 Å². The Morgan fingerprint density at radius 1 is 0.931 bits per heavy atom. The Hall–Kier alpha value is -2.96. The SMILES string of the molecule is CCn1c(-c2ccccc2-c2ccc(C)cc2C)nc2cc(S(=O)(=O)O)ccc21. The van der Waals surface area contributed by atoms with Crippen LogP contribution in [-0.2, 0) is 16.7 Å². The van der Waals surface area contributed by atoms with E-state index in [2.05, 4.69) is 42.7 Å². The highest BCUT2D eigenvalue weighted by molar-refractivity contribution is 7.85. The van der Waals surface area contributed by atoms with E-state index >= 15 is 0 Å². The van der Waals surface area contributed by atoms with Crippen molar-refractivity contribution in [1.82, 2.24) is 9.55 Å². The topological polar surface area (TPSA) is 72.2 Å². The van der Waals surface area contributed by atoms with Crippen molar-refractivity contribution < 1.29 is 13.0 Å². The Morgan fingerprint density at radius 2 is 1.66 bits per heavy atom. The first-order valence-corrected chi connectivity index (χ1v) is 10.9. The number of fused-ring (bicyclic) bond motifs is 1. The molecule has 0 unspecified atom stereocenters. The van der Waals surface area contributed by atoms with Crippen LogP contribution >= 0.6 is 0 Å². The molecule has 6 heteroatoms. The molecule has 4 aromatic rings. The minimum Gasteiger partial charge on any atom is -0.324 e. The average Bonchev–Trinajstić information content (AvgIpc) is 3.05. The molecule has 0 saturated carbocycles. The molecule has 1 heterocycles. The maximum absolute atomic E-state index is 11.5. The predicted octanol–water partition coefficient (Wildman–Crippen LogP) is 5.25. The van der Waals surface area contributed by atoms with Gasteiger partial charge >= 0.3 is 0 Å². The second-order valence-electron chi connectivity index (χ2n) is 7.17. The molecule has 1 N–H and O–H groups in total. The normalized spacial score (nSPS) is 11.9. The molecule has 1 aromatic heterocycles. The summed E-state index contributed by atoms with van der Waals surface area (Å²) >= 11 is 0. The molecule has 29 heavy (non-hydrogen) atoms. The molecule has 148 valence electrons. The number of rotatable bonds is 4.